The SMILES string of the molecule is COC(=O)C1Cc2c(O)cccc2N1C(=O)OCC1c2ccccc2-c2ccccc21. The van der Waals surface area contributed by atoms with Gasteiger partial charge in [0.25, 0.3) is 0 Å². The molecule has 1 heterocycles. The molecule has 156 valence electrons. The Bertz CT molecular complexity index is 1140. The van der Waals surface area contributed by atoms with Crippen LogP contribution in [0.25, 0.3) is 11.1 Å². The minimum Gasteiger partial charge on any atom is -0.508 e. The number of hydrogen-bond donors (Lipinski definition) is 1. The highest BCUT2D eigenvalue weighted by Gasteiger charge is 2.42. The van der Waals surface area contributed by atoms with Gasteiger partial charge in [-0.05, 0) is 34.4 Å². The topological polar surface area (TPSA) is 76.1 Å². The van der Waals surface area contributed by atoms with Crippen LogP contribution < -0.4 is 4.90 Å². The van der Waals surface area contributed by atoms with E-state index in [-0.39, 0.29) is 24.7 Å². The molecule has 2 aliphatic rings. The van der Waals surface area contributed by atoms with Crippen molar-refractivity contribution in [1.82, 2.24) is 0 Å². The van der Waals surface area contributed by atoms with Crippen molar-refractivity contribution < 1.29 is 24.2 Å². The number of carbonyl (C=O) groups is 2. The number of rotatable bonds is 3. The van der Waals surface area contributed by atoms with Crippen LogP contribution in [-0.4, -0.2) is 36.9 Å². The van der Waals surface area contributed by atoms with Crippen molar-refractivity contribution >= 4 is 17.7 Å². The number of methoxy groups -OCH3 is 1. The number of fused-ring (bicyclic) bond motifs is 4. The van der Waals surface area contributed by atoms with Crippen molar-refractivity contribution in [1.29, 1.82) is 0 Å². The third kappa shape index (κ3) is 3.03. The zero-order valence-electron chi connectivity index (χ0n) is 16.9. The maximum absolute atomic E-state index is 13.1. The molecule has 0 saturated heterocycles. The summed E-state index contributed by atoms with van der Waals surface area (Å²) in [4.78, 5) is 26.8. The second kappa shape index (κ2) is 7.47. The maximum atomic E-state index is 13.1. The molecule has 1 amide bonds. The number of phenols is 1. The predicted octanol–water partition coefficient (Wildman–Crippen LogP) is 4.25. The molecule has 3 aromatic carbocycles. The Morgan fingerprint density at radius 1 is 0.968 bits per heavy atom. The molecule has 0 radical (unpaired) electrons. The van der Waals surface area contributed by atoms with Gasteiger partial charge in [0, 0.05) is 17.9 Å². The van der Waals surface area contributed by atoms with Crippen LogP contribution in [-0.2, 0) is 20.7 Å². The third-order valence-corrected chi connectivity index (χ3v) is 6.10. The zero-order valence-corrected chi connectivity index (χ0v) is 16.9. The van der Waals surface area contributed by atoms with Crippen molar-refractivity contribution in [3.8, 4) is 16.9 Å². The zero-order chi connectivity index (χ0) is 21.5. The summed E-state index contributed by atoms with van der Waals surface area (Å²) in [6.45, 7) is 0.144. The molecule has 5 rings (SSSR count). The van der Waals surface area contributed by atoms with Gasteiger partial charge in [-0.25, -0.2) is 9.59 Å². The number of nitrogens with zero attached hydrogens (tertiary/aromatic N) is 1. The van der Waals surface area contributed by atoms with Crippen molar-refractivity contribution in [2.24, 2.45) is 0 Å². The van der Waals surface area contributed by atoms with Crippen molar-refractivity contribution in [3.63, 3.8) is 0 Å². The fourth-order valence-corrected chi connectivity index (χ4v) is 4.66. The molecular formula is C25H21NO5. The molecule has 1 unspecified atom stereocenters. The number of amides is 1. The molecule has 3 aromatic rings. The number of aromatic hydroxyl groups is 1. The molecule has 1 aliphatic heterocycles. The Morgan fingerprint density at radius 3 is 2.26 bits per heavy atom. The first kappa shape index (κ1) is 19.2. The van der Waals surface area contributed by atoms with E-state index in [1.807, 2.05) is 36.4 Å². The van der Waals surface area contributed by atoms with Gasteiger partial charge in [0.1, 0.15) is 18.4 Å². The first-order valence-electron chi connectivity index (χ1n) is 10.1. The summed E-state index contributed by atoms with van der Waals surface area (Å²) in [6, 6.07) is 20.2. The third-order valence-electron chi connectivity index (χ3n) is 6.10. The number of benzene rings is 3. The first-order chi connectivity index (χ1) is 15.1. The Balaban J connectivity index is 1.43. The lowest BCUT2D eigenvalue weighted by Crippen LogP contribution is -2.44. The summed E-state index contributed by atoms with van der Waals surface area (Å²) < 4.78 is 10.6. The van der Waals surface area contributed by atoms with Crippen LogP contribution >= 0.6 is 0 Å². The number of carbonyl (C=O) groups excluding carboxylic acids is 2. The van der Waals surface area contributed by atoms with Gasteiger partial charge in [-0.1, -0.05) is 54.6 Å². The fraction of sp³-hybridized carbons (Fsp3) is 0.200. The van der Waals surface area contributed by atoms with Gasteiger partial charge in [0.05, 0.1) is 12.8 Å². The molecule has 0 saturated carbocycles. The summed E-state index contributed by atoms with van der Waals surface area (Å²) in [5.74, 6) is -0.594. The molecule has 1 N–H and O–H groups in total. The monoisotopic (exact) mass is 415 g/mol. The Morgan fingerprint density at radius 2 is 1.61 bits per heavy atom. The van der Waals surface area contributed by atoms with Gasteiger partial charge in [-0.15, -0.1) is 0 Å². The van der Waals surface area contributed by atoms with Crippen LogP contribution in [0.2, 0.25) is 0 Å². The molecular weight excluding hydrogens is 394 g/mol. The van der Waals surface area contributed by atoms with Gasteiger partial charge in [-0.2, -0.15) is 0 Å². The van der Waals surface area contributed by atoms with Crippen LogP contribution in [0.1, 0.15) is 22.6 Å². The fourth-order valence-electron chi connectivity index (χ4n) is 4.66. The van der Waals surface area contributed by atoms with Crippen molar-refractivity contribution in [3.05, 3.63) is 83.4 Å². The Hall–Kier alpha value is -3.80. The minimum absolute atomic E-state index is 0.0420. The average molecular weight is 415 g/mol. The summed E-state index contributed by atoms with van der Waals surface area (Å²) in [5.41, 5.74) is 5.51. The normalized spacial score (nSPS) is 16.4. The Labute approximate surface area is 179 Å². The van der Waals surface area contributed by atoms with E-state index in [4.69, 9.17) is 9.47 Å². The van der Waals surface area contributed by atoms with E-state index in [0.717, 1.165) is 22.3 Å². The lowest BCUT2D eigenvalue weighted by molar-refractivity contribution is -0.142. The summed E-state index contributed by atoms with van der Waals surface area (Å²) in [7, 11) is 1.28. The molecule has 0 fully saturated rings. The molecule has 6 heteroatoms. The van der Waals surface area contributed by atoms with E-state index in [1.54, 1.807) is 12.1 Å². The Kier molecular flexibility index (Phi) is 4.62. The molecule has 6 nitrogen and oxygen atoms in total. The van der Waals surface area contributed by atoms with E-state index in [2.05, 4.69) is 12.1 Å². The standard InChI is InChI=1S/C25H21NO5/c1-30-24(28)22-13-19-21(11-6-12-23(19)27)26(22)25(29)31-14-20-17-9-4-2-7-15(17)16-8-3-5-10-18(16)20/h2-12,20,22,27H,13-14H2,1H3. The van der Waals surface area contributed by atoms with Gasteiger partial charge in [-0.3, -0.25) is 4.90 Å². The predicted molar refractivity (Wildman–Crippen MR) is 115 cm³/mol. The number of ether oxygens (including phenoxy) is 2. The van der Waals surface area contributed by atoms with Crippen molar-refractivity contribution in [2.45, 2.75) is 18.4 Å². The molecule has 31 heavy (non-hydrogen) atoms. The molecule has 0 spiro atoms. The summed E-state index contributed by atoms with van der Waals surface area (Å²) >= 11 is 0. The van der Waals surface area contributed by atoms with Gasteiger partial charge in [0.2, 0.25) is 0 Å². The lowest BCUT2D eigenvalue weighted by Gasteiger charge is -2.24. The summed E-state index contributed by atoms with van der Waals surface area (Å²) in [6.07, 6.45) is -0.458. The minimum atomic E-state index is -0.871. The first-order valence-corrected chi connectivity index (χ1v) is 10.1. The van der Waals surface area contributed by atoms with E-state index in [0.29, 0.717) is 11.3 Å². The lowest BCUT2D eigenvalue weighted by atomic mass is 9.98. The van der Waals surface area contributed by atoms with E-state index < -0.39 is 18.1 Å². The highest BCUT2D eigenvalue weighted by molar-refractivity contribution is 5.99. The number of hydrogen-bond acceptors (Lipinski definition) is 5. The largest absolute Gasteiger partial charge is 0.508 e. The van der Waals surface area contributed by atoms with Crippen LogP contribution in [0, 0.1) is 0 Å². The van der Waals surface area contributed by atoms with Gasteiger partial charge < -0.3 is 14.6 Å². The smallest absolute Gasteiger partial charge is 0.415 e. The van der Waals surface area contributed by atoms with Crippen LogP contribution in [0.5, 0.6) is 5.75 Å². The van der Waals surface area contributed by atoms with Gasteiger partial charge >= 0.3 is 12.1 Å². The summed E-state index contributed by atoms with van der Waals surface area (Å²) in [5, 5.41) is 10.2. The highest BCUT2D eigenvalue weighted by Crippen LogP contribution is 2.45. The molecule has 1 aliphatic carbocycles. The molecule has 0 bridgehead atoms. The molecule has 0 aromatic heterocycles. The van der Waals surface area contributed by atoms with Crippen molar-refractivity contribution in [2.75, 3.05) is 18.6 Å². The number of esters is 1. The van der Waals surface area contributed by atoms with Crippen LogP contribution in [0.15, 0.2) is 66.7 Å². The number of phenolic OH excluding ortho intramolecular Hbond substituents is 1. The van der Waals surface area contributed by atoms with E-state index in [9.17, 15) is 14.7 Å². The van der Waals surface area contributed by atoms with Gasteiger partial charge in [0.15, 0.2) is 0 Å². The second-order valence-corrected chi connectivity index (χ2v) is 7.69. The van der Waals surface area contributed by atoms with Crippen LogP contribution in [0.3, 0.4) is 0 Å². The second-order valence-electron chi connectivity index (χ2n) is 7.69. The maximum Gasteiger partial charge on any atom is 0.415 e. The van der Waals surface area contributed by atoms with E-state index >= 15 is 0 Å². The van der Waals surface area contributed by atoms with E-state index in [1.165, 1.54) is 18.1 Å². The quantitative estimate of drug-likeness (QED) is 0.648. The average Bonchev–Trinajstić information content (AvgIpc) is 3.34. The number of anilines is 1. The highest BCUT2D eigenvalue weighted by atomic mass is 16.6. The van der Waals surface area contributed by atoms with Crippen LogP contribution in [0.4, 0.5) is 10.5 Å². The molecule has 1 atom stereocenters.